The molecule has 0 fully saturated rings. The number of fused-ring (bicyclic) bond motifs is 11. The van der Waals surface area contributed by atoms with E-state index in [2.05, 4.69) is 173 Å². The zero-order valence-electron chi connectivity index (χ0n) is 28.0. The van der Waals surface area contributed by atoms with E-state index in [0.717, 1.165) is 28.3 Å². The molecule has 4 heterocycles. The van der Waals surface area contributed by atoms with Crippen molar-refractivity contribution in [3.05, 3.63) is 170 Å². The first-order valence-corrected chi connectivity index (χ1v) is 17.7. The van der Waals surface area contributed by atoms with E-state index < -0.39 is 0 Å². The molecule has 4 aromatic heterocycles. The predicted octanol–water partition coefficient (Wildman–Crippen LogP) is 12.3. The third-order valence-corrected chi connectivity index (χ3v) is 11.1. The summed E-state index contributed by atoms with van der Waals surface area (Å²) in [5.41, 5.74) is 12.5. The molecular formula is C48H28N4. The zero-order valence-corrected chi connectivity index (χ0v) is 28.0. The van der Waals surface area contributed by atoms with E-state index >= 15 is 0 Å². The molecule has 7 aromatic carbocycles. The lowest BCUT2D eigenvalue weighted by molar-refractivity contribution is 1.09. The molecule has 4 heteroatoms. The minimum absolute atomic E-state index is 0.893. The van der Waals surface area contributed by atoms with Crippen molar-refractivity contribution >= 4 is 65.2 Å². The molecule has 0 atom stereocenters. The summed E-state index contributed by atoms with van der Waals surface area (Å²) >= 11 is 0. The Morgan fingerprint density at radius 1 is 0.404 bits per heavy atom. The topological polar surface area (TPSA) is 35.6 Å². The molecule has 52 heavy (non-hydrogen) atoms. The van der Waals surface area contributed by atoms with Crippen LogP contribution in [0.3, 0.4) is 0 Å². The van der Waals surface area contributed by atoms with Crippen molar-refractivity contribution < 1.29 is 0 Å². The van der Waals surface area contributed by atoms with Gasteiger partial charge in [0.05, 0.1) is 33.5 Å². The highest BCUT2D eigenvalue weighted by molar-refractivity contribution is 6.20. The van der Waals surface area contributed by atoms with Crippen LogP contribution in [-0.4, -0.2) is 19.1 Å². The van der Waals surface area contributed by atoms with Crippen LogP contribution >= 0.6 is 0 Å². The fourth-order valence-electron chi connectivity index (χ4n) is 8.81. The van der Waals surface area contributed by atoms with E-state index in [-0.39, 0.29) is 0 Å². The standard InChI is InChI=1S/C48H28N4/c1-2-11-33(12-3-1)51-41-16-7-6-14-35(41)39-27-31(18-22-42(39)51)32-19-23-43-40(28-32)38-20-17-29-9-4-5-13-34(29)48(38)52(43)44-24-21-37-36-15-8-10-30-25-26-49-47(45(30)36)46(37)50-44/h1-28H. The largest absolute Gasteiger partial charge is 0.309 e. The van der Waals surface area contributed by atoms with Crippen molar-refractivity contribution in [3.8, 4) is 45.1 Å². The predicted molar refractivity (Wildman–Crippen MR) is 216 cm³/mol. The van der Waals surface area contributed by atoms with Crippen LogP contribution in [0.15, 0.2) is 170 Å². The number of aromatic nitrogens is 4. The molecule has 0 radical (unpaired) electrons. The summed E-state index contributed by atoms with van der Waals surface area (Å²) in [7, 11) is 0. The molecule has 0 bridgehead atoms. The number of hydrogen-bond donors (Lipinski definition) is 0. The summed E-state index contributed by atoms with van der Waals surface area (Å²) in [6, 6.07) is 59.3. The first-order valence-electron chi connectivity index (χ1n) is 17.7. The second kappa shape index (κ2) is 10.3. The summed E-state index contributed by atoms with van der Waals surface area (Å²) in [4.78, 5) is 10.3. The Morgan fingerprint density at radius 2 is 1.12 bits per heavy atom. The number of rotatable bonds is 3. The van der Waals surface area contributed by atoms with Gasteiger partial charge in [-0.15, -0.1) is 0 Å². The number of pyridine rings is 2. The van der Waals surface area contributed by atoms with Gasteiger partial charge < -0.3 is 4.57 Å². The van der Waals surface area contributed by atoms with Crippen molar-refractivity contribution in [1.29, 1.82) is 0 Å². The van der Waals surface area contributed by atoms with E-state index in [0.29, 0.717) is 0 Å². The van der Waals surface area contributed by atoms with Crippen molar-refractivity contribution in [3.63, 3.8) is 0 Å². The van der Waals surface area contributed by atoms with Crippen molar-refractivity contribution in [2.45, 2.75) is 0 Å². The molecule has 0 spiro atoms. The third-order valence-electron chi connectivity index (χ3n) is 11.1. The molecule has 12 rings (SSSR count). The van der Waals surface area contributed by atoms with Gasteiger partial charge in [-0.2, -0.15) is 0 Å². The summed E-state index contributed by atoms with van der Waals surface area (Å²) in [6.45, 7) is 0. The molecule has 11 aromatic rings. The van der Waals surface area contributed by atoms with Crippen LogP contribution in [-0.2, 0) is 0 Å². The highest BCUT2D eigenvalue weighted by Gasteiger charge is 2.25. The van der Waals surface area contributed by atoms with Gasteiger partial charge in [-0.25, -0.2) is 4.98 Å². The van der Waals surface area contributed by atoms with Crippen LogP contribution in [0.5, 0.6) is 0 Å². The number of hydrogen-bond acceptors (Lipinski definition) is 2. The smallest absolute Gasteiger partial charge is 0.138 e. The van der Waals surface area contributed by atoms with Crippen molar-refractivity contribution in [2.24, 2.45) is 0 Å². The summed E-state index contributed by atoms with van der Waals surface area (Å²) in [5, 5.41) is 9.71. The number of para-hydroxylation sites is 2. The first-order chi connectivity index (χ1) is 25.8. The van der Waals surface area contributed by atoms with Gasteiger partial charge in [0, 0.05) is 49.8 Å². The molecule has 0 aliphatic heterocycles. The summed E-state index contributed by atoms with van der Waals surface area (Å²) in [6.07, 6.45) is 1.90. The monoisotopic (exact) mass is 660 g/mol. The SMILES string of the molecule is c1ccc(-n2c3ccccc3c3cc(-c4ccc5c(c4)c4ccc6ccccc6c4n5-c4ccc5c(n4)-c4nccc6cccc-5c46)ccc32)cc1. The highest BCUT2D eigenvalue weighted by atomic mass is 15.1. The maximum absolute atomic E-state index is 5.41. The quantitative estimate of drug-likeness (QED) is 0.189. The summed E-state index contributed by atoms with van der Waals surface area (Å²) in [5.74, 6) is 0.893. The Morgan fingerprint density at radius 3 is 1.98 bits per heavy atom. The molecular weight excluding hydrogens is 633 g/mol. The van der Waals surface area contributed by atoms with Crippen LogP contribution < -0.4 is 0 Å². The van der Waals surface area contributed by atoms with Gasteiger partial charge in [0.25, 0.3) is 0 Å². The van der Waals surface area contributed by atoms with E-state index in [4.69, 9.17) is 9.97 Å². The van der Waals surface area contributed by atoms with E-state index in [1.165, 1.54) is 82.0 Å². The fraction of sp³-hybridized carbons (Fsp3) is 0. The normalized spacial score (nSPS) is 12.2. The number of benzene rings is 7. The maximum Gasteiger partial charge on any atom is 0.138 e. The average molecular weight is 661 g/mol. The van der Waals surface area contributed by atoms with Crippen LogP contribution in [0.2, 0.25) is 0 Å². The van der Waals surface area contributed by atoms with Gasteiger partial charge in [0.15, 0.2) is 0 Å². The van der Waals surface area contributed by atoms with Gasteiger partial charge in [-0.05, 0) is 88.1 Å². The molecule has 0 saturated heterocycles. The van der Waals surface area contributed by atoms with Crippen LogP contribution in [0.1, 0.15) is 0 Å². The third kappa shape index (κ3) is 3.70. The second-order valence-electron chi connectivity index (χ2n) is 13.8. The highest BCUT2D eigenvalue weighted by Crippen LogP contribution is 2.46. The molecule has 0 amide bonds. The lowest BCUT2D eigenvalue weighted by Gasteiger charge is -2.11. The minimum atomic E-state index is 0.893. The lowest BCUT2D eigenvalue weighted by atomic mass is 10.00. The van der Waals surface area contributed by atoms with Crippen LogP contribution in [0, 0.1) is 0 Å². The first kappa shape index (κ1) is 27.7. The van der Waals surface area contributed by atoms with Gasteiger partial charge in [0.1, 0.15) is 5.82 Å². The Kier molecular flexibility index (Phi) is 5.47. The maximum atomic E-state index is 5.41. The Bertz CT molecular complexity index is 3290. The molecule has 0 N–H and O–H groups in total. The molecule has 240 valence electrons. The summed E-state index contributed by atoms with van der Waals surface area (Å²) < 4.78 is 4.73. The van der Waals surface area contributed by atoms with Crippen LogP contribution in [0.4, 0.5) is 0 Å². The Hall–Kier alpha value is -7.04. The van der Waals surface area contributed by atoms with Gasteiger partial charge in [0.2, 0.25) is 0 Å². The van der Waals surface area contributed by atoms with Crippen molar-refractivity contribution in [2.75, 3.05) is 0 Å². The van der Waals surface area contributed by atoms with E-state index in [1.807, 2.05) is 6.20 Å². The van der Waals surface area contributed by atoms with Crippen LogP contribution in [0.25, 0.3) is 110 Å². The fourth-order valence-corrected chi connectivity index (χ4v) is 8.81. The molecule has 1 aliphatic carbocycles. The Labute approximate surface area is 298 Å². The van der Waals surface area contributed by atoms with Gasteiger partial charge in [-0.1, -0.05) is 103 Å². The van der Waals surface area contributed by atoms with E-state index in [9.17, 15) is 0 Å². The Balaban J connectivity index is 1.09. The van der Waals surface area contributed by atoms with Gasteiger partial charge >= 0.3 is 0 Å². The van der Waals surface area contributed by atoms with Crippen molar-refractivity contribution in [1.82, 2.24) is 19.1 Å². The molecule has 0 saturated carbocycles. The number of nitrogens with zero attached hydrogens (tertiary/aromatic N) is 4. The molecule has 4 nitrogen and oxygen atoms in total. The van der Waals surface area contributed by atoms with E-state index in [1.54, 1.807) is 0 Å². The zero-order chi connectivity index (χ0) is 33.9. The minimum Gasteiger partial charge on any atom is -0.309 e. The lowest BCUT2D eigenvalue weighted by Crippen LogP contribution is -1.99. The molecule has 1 aliphatic rings. The average Bonchev–Trinajstić information content (AvgIpc) is 3.84. The van der Waals surface area contributed by atoms with Gasteiger partial charge in [-0.3, -0.25) is 9.55 Å². The molecule has 0 unspecified atom stereocenters. The second-order valence-corrected chi connectivity index (χ2v) is 13.8.